The zero-order chi connectivity index (χ0) is 24.1. The number of benzene rings is 1. The second kappa shape index (κ2) is 10.5. The number of nitrogens with one attached hydrogen (secondary N) is 2. The lowest BCUT2D eigenvalue weighted by Crippen LogP contribution is -2.41. The van der Waals surface area contributed by atoms with Gasteiger partial charge in [0, 0.05) is 62.8 Å². The fraction of sp³-hybridized carbons (Fsp3) is 0.296. The Kier molecular flexibility index (Phi) is 7.23. The van der Waals surface area contributed by atoms with Crippen LogP contribution in [0.4, 0.5) is 11.6 Å². The zero-order valence-corrected chi connectivity index (χ0v) is 20.1. The lowest BCUT2D eigenvalue weighted by molar-refractivity contribution is 0.102. The monoisotopic (exact) mass is 456 g/mol. The Morgan fingerprint density at radius 1 is 1.09 bits per heavy atom. The Labute approximate surface area is 201 Å². The first-order chi connectivity index (χ1) is 16.5. The van der Waals surface area contributed by atoms with Gasteiger partial charge in [0.25, 0.3) is 5.91 Å². The molecule has 7 nitrogen and oxygen atoms in total. The summed E-state index contributed by atoms with van der Waals surface area (Å²) in [4.78, 5) is 26.1. The number of nitrogens with zero attached hydrogens (tertiary/aromatic N) is 4. The quantitative estimate of drug-likeness (QED) is 0.520. The molecule has 0 aliphatic carbocycles. The lowest BCUT2D eigenvalue weighted by atomic mass is 10.0. The van der Waals surface area contributed by atoms with Crippen molar-refractivity contribution in [1.82, 2.24) is 20.2 Å². The van der Waals surface area contributed by atoms with Crippen molar-refractivity contribution in [2.24, 2.45) is 0 Å². The standard InChI is InChI=1S/C27H32N6O/c1-5-19(18-32(3)4)20-6-7-22-17-30-25(15-23(22)14-20)31-27(34)21-8-11-29-26(16-21)33-12-9-24(28-2)10-13-33/h5-8,11,14-18,24,28H,1,9-10,12-13H2,2-4H3,(H,30,31,34)/b19-18+. The molecule has 0 atom stereocenters. The number of hydrogen-bond donors (Lipinski definition) is 2. The van der Waals surface area contributed by atoms with Gasteiger partial charge in [0.15, 0.2) is 0 Å². The van der Waals surface area contributed by atoms with E-state index in [2.05, 4.69) is 44.2 Å². The number of aromatic nitrogens is 2. The molecule has 3 heterocycles. The third kappa shape index (κ3) is 5.43. The SMILES string of the molecule is C=C/C(=C\N(C)C)c1ccc2cnc(NC(=O)c3ccnc(N4CCC(NC)CC4)c3)cc2c1. The Morgan fingerprint density at radius 2 is 1.88 bits per heavy atom. The average Bonchev–Trinajstić information content (AvgIpc) is 2.87. The van der Waals surface area contributed by atoms with Gasteiger partial charge in [-0.25, -0.2) is 9.97 Å². The molecule has 0 spiro atoms. The van der Waals surface area contributed by atoms with Gasteiger partial charge in [-0.1, -0.05) is 24.8 Å². The summed E-state index contributed by atoms with van der Waals surface area (Å²) in [7, 11) is 5.97. The second-order valence-electron chi connectivity index (χ2n) is 8.79. The van der Waals surface area contributed by atoms with Crippen LogP contribution >= 0.6 is 0 Å². The number of carbonyl (C=O) groups excluding carboxylic acids is 1. The maximum atomic E-state index is 13.0. The van der Waals surface area contributed by atoms with Gasteiger partial charge in [-0.2, -0.15) is 0 Å². The van der Waals surface area contributed by atoms with E-state index in [1.165, 1.54) is 0 Å². The van der Waals surface area contributed by atoms with Gasteiger partial charge >= 0.3 is 0 Å². The van der Waals surface area contributed by atoms with Crippen LogP contribution in [0.5, 0.6) is 0 Å². The van der Waals surface area contributed by atoms with Crippen molar-refractivity contribution in [3.8, 4) is 0 Å². The smallest absolute Gasteiger partial charge is 0.257 e. The Balaban J connectivity index is 1.52. The van der Waals surface area contributed by atoms with Crippen molar-refractivity contribution in [3.63, 3.8) is 0 Å². The summed E-state index contributed by atoms with van der Waals surface area (Å²) in [5.74, 6) is 1.15. The summed E-state index contributed by atoms with van der Waals surface area (Å²) in [5.41, 5.74) is 2.65. The number of rotatable bonds is 7. The molecule has 0 radical (unpaired) electrons. The van der Waals surface area contributed by atoms with Gasteiger partial charge in [-0.05, 0) is 60.7 Å². The predicted octanol–water partition coefficient (Wildman–Crippen LogP) is 4.16. The van der Waals surface area contributed by atoms with Crippen molar-refractivity contribution in [1.29, 1.82) is 0 Å². The second-order valence-corrected chi connectivity index (χ2v) is 8.79. The Hall–Kier alpha value is -3.71. The molecule has 1 aliphatic rings. The largest absolute Gasteiger partial charge is 0.383 e. The molecule has 2 aromatic heterocycles. The van der Waals surface area contributed by atoms with Gasteiger partial charge in [0.05, 0.1) is 0 Å². The molecule has 1 aromatic carbocycles. The first-order valence-electron chi connectivity index (χ1n) is 11.6. The van der Waals surface area contributed by atoms with E-state index in [0.29, 0.717) is 17.4 Å². The summed E-state index contributed by atoms with van der Waals surface area (Å²) < 4.78 is 0. The number of hydrogen-bond acceptors (Lipinski definition) is 6. The number of piperidine rings is 1. The molecule has 2 N–H and O–H groups in total. The van der Waals surface area contributed by atoms with Crippen LogP contribution in [-0.2, 0) is 0 Å². The molecule has 176 valence electrons. The third-order valence-corrected chi connectivity index (χ3v) is 6.15. The minimum atomic E-state index is -0.198. The van der Waals surface area contributed by atoms with Crippen LogP contribution in [0.15, 0.2) is 67.6 Å². The van der Waals surface area contributed by atoms with E-state index in [0.717, 1.165) is 53.7 Å². The van der Waals surface area contributed by atoms with Crippen LogP contribution in [0.3, 0.4) is 0 Å². The first kappa shape index (κ1) is 23.4. The van der Waals surface area contributed by atoms with Crippen LogP contribution in [0.1, 0.15) is 28.8 Å². The zero-order valence-electron chi connectivity index (χ0n) is 20.1. The third-order valence-electron chi connectivity index (χ3n) is 6.15. The highest BCUT2D eigenvalue weighted by atomic mass is 16.1. The van der Waals surface area contributed by atoms with E-state index in [9.17, 15) is 4.79 Å². The van der Waals surface area contributed by atoms with Crippen molar-refractivity contribution >= 4 is 33.9 Å². The molecular weight excluding hydrogens is 424 g/mol. The number of allylic oxidation sites excluding steroid dienone is 2. The maximum Gasteiger partial charge on any atom is 0.257 e. The molecule has 0 unspecified atom stereocenters. The number of pyridine rings is 2. The van der Waals surface area contributed by atoms with E-state index in [1.807, 2.05) is 56.5 Å². The molecule has 1 saturated heterocycles. The molecule has 0 saturated carbocycles. The molecule has 34 heavy (non-hydrogen) atoms. The molecule has 0 bridgehead atoms. The lowest BCUT2D eigenvalue weighted by Gasteiger charge is -2.32. The summed E-state index contributed by atoms with van der Waals surface area (Å²) in [6.07, 6.45) is 9.47. The summed E-state index contributed by atoms with van der Waals surface area (Å²) in [6.45, 7) is 5.78. The van der Waals surface area contributed by atoms with Crippen molar-refractivity contribution in [3.05, 3.63) is 78.8 Å². The van der Waals surface area contributed by atoms with Crippen LogP contribution in [-0.4, -0.2) is 61.0 Å². The van der Waals surface area contributed by atoms with Crippen molar-refractivity contribution < 1.29 is 4.79 Å². The molecule has 3 aromatic rings. The van der Waals surface area contributed by atoms with E-state index >= 15 is 0 Å². The molecular formula is C27H32N6O. The number of anilines is 2. The minimum Gasteiger partial charge on any atom is -0.383 e. The Bertz CT molecular complexity index is 1210. The van der Waals surface area contributed by atoms with E-state index < -0.39 is 0 Å². The van der Waals surface area contributed by atoms with Crippen LogP contribution in [0.2, 0.25) is 0 Å². The number of carbonyl (C=O) groups is 1. The van der Waals surface area contributed by atoms with Gasteiger partial charge < -0.3 is 20.4 Å². The van der Waals surface area contributed by atoms with Crippen molar-refractivity contribution in [2.45, 2.75) is 18.9 Å². The van der Waals surface area contributed by atoms with Gasteiger partial charge in [-0.15, -0.1) is 0 Å². The molecule has 1 amide bonds. The van der Waals surface area contributed by atoms with Gasteiger partial charge in [0.2, 0.25) is 0 Å². The minimum absolute atomic E-state index is 0.198. The predicted molar refractivity (Wildman–Crippen MR) is 140 cm³/mol. The number of amides is 1. The summed E-state index contributed by atoms with van der Waals surface area (Å²) in [6, 6.07) is 12.2. The first-order valence-corrected chi connectivity index (χ1v) is 11.6. The highest BCUT2D eigenvalue weighted by Crippen LogP contribution is 2.24. The fourth-order valence-corrected chi connectivity index (χ4v) is 4.23. The van der Waals surface area contributed by atoms with Gasteiger partial charge in [0.1, 0.15) is 11.6 Å². The van der Waals surface area contributed by atoms with Crippen LogP contribution in [0, 0.1) is 0 Å². The summed E-state index contributed by atoms with van der Waals surface area (Å²) in [5, 5.41) is 8.28. The van der Waals surface area contributed by atoms with Crippen LogP contribution in [0.25, 0.3) is 16.3 Å². The van der Waals surface area contributed by atoms with E-state index in [4.69, 9.17) is 0 Å². The normalized spacial score (nSPS) is 14.8. The topological polar surface area (TPSA) is 73.4 Å². The van der Waals surface area contributed by atoms with E-state index in [1.54, 1.807) is 18.5 Å². The molecule has 7 heteroatoms. The summed E-state index contributed by atoms with van der Waals surface area (Å²) >= 11 is 0. The highest BCUT2D eigenvalue weighted by Gasteiger charge is 2.19. The van der Waals surface area contributed by atoms with E-state index in [-0.39, 0.29) is 5.91 Å². The highest BCUT2D eigenvalue weighted by molar-refractivity contribution is 6.05. The van der Waals surface area contributed by atoms with Gasteiger partial charge in [-0.3, -0.25) is 4.79 Å². The number of fused-ring (bicyclic) bond motifs is 1. The maximum absolute atomic E-state index is 13.0. The Morgan fingerprint density at radius 3 is 2.59 bits per heavy atom. The molecule has 1 aliphatic heterocycles. The fourth-order valence-electron chi connectivity index (χ4n) is 4.23. The molecule has 4 rings (SSSR count). The average molecular weight is 457 g/mol. The van der Waals surface area contributed by atoms with Crippen molar-refractivity contribution in [2.75, 3.05) is 44.4 Å². The molecule has 1 fully saturated rings. The van der Waals surface area contributed by atoms with Crippen LogP contribution < -0.4 is 15.5 Å².